The fraction of sp³-hybridized carbons (Fsp3) is 0. The molecule has 4 nitrogen and oxygen atoms in total. The van der Waals surface area contributed by atoms with Gasteiger partial charge in [-0.1, -0.05) is 0 Å². The highest BCUT2D eigenvalue weighted by Crippen LogP contribution is 2.91. The van der Waals surface area contributed by atoms with Gasteiger partial charge >= 0.3 is 7.82 Å². The van der Waals surface area contributed by atoms with Crippen LogP contribution in [0.15, 0.2) is 0 Å². The number of hydrogen-bond donors (Lipinski definition) is 0. The highest BCUT2D eigenvalue weighted by Gasteiger charge is 3.00. The fourth-order valence-corrected chi connectivity index (χ4v) is 0.730. The maximum atomic E-state index is 9.84. The summed E-state index contributed by atoms with van der Waals surface area (Å²) in [5, 5.41) is 0. The topological polar surface area (TPSA) is 44.8 Å². The Bertz CT molecular complexity index is 105. The first kappa shape index (κ1) is 2.31. The second-order valence-electron chi connectivity index (χ2n) is 0.813. The van der Waals surface area contributed by atoms with E-state index in [0.717, 1.165) is 0 Å². The number of hydrogen-bond acceptors (Lipinski definition) is 3. The summed E-state index contributed by atoms with van der Waals surface area (Å²) in [4.78, 5) is 0. The maximum Gasteiger partial charge on any atom is 0.858 e. The minimum absolute atomic E-state index is 1.61. The summed E-state index contributed by atoms with van der Waals surface area (Å²) in [6.07, 6.45) is 0. The van der Waals surface area contributed by atoms with Gasteiger partial charge in [0.05, 0.1) is 4.46 Å². The second kappa shape index (κ2) is 0.322. The van der Waals surface area contributed by atoms with Gasteiger partial charge in [-0.2, -0.15) is 4.57 Å². The lowest BCUT2D eigenvalue weighted by atomic mass is 14.6. The lowest BCUT2D eigenvalue weighted by Gasteiger charge is -1.41. The van der Waals surface area contributed by atoms with Crippen molar-refractivity contribution >= 4 is 7.82 Å². The molecule has 0 aromatic carbocycles. The van der Waals surface area contributed by atoms with Gasteiger partial charge in [0.15, 0.2) is 0 Å². The van der Waals surface area contributed by atoms with Crippen LogP contribution in [0.2, 0.25) is 0 Å². The molecule has 0 saturated carbocycles. The third kappa shape index (κ3) is 0.125. The molecule has 0 N–H and O–H groups in total. The van der Waals surface area contributed by atoms with Gasteiger partial charge in [0, 0.05) is 0 Å². The van der Waals surface area contributed by atoms with Gasteiger partial charge in [0.2, 0.25) is 0 Å². The molecule has 2 aliphatic rings. The molecule has 0 aromatic rings. The molecule has 28 valence electrons. The predicted molar refractivity (Wildman–Crippen MR) is 10.9 cm³/mol. The summed E-state index contributed by atoms with van der Waals surface area (Å²) in [5.41, 5.74) is 0. The molecule has 5 heteroatoms. The van der Waals surface area contributed by atoms with E-state index in [1.54, 1.807) is 4.46 Å². The predicted octanol–water partition coefficient (Wildman–Crippen LogP) is 0.537. The summed E-state index contributed by atoms with van der Waals surface area (Å²) in [7, 11) is -2.47. The smallest absolute Gasteiger partial charge is 0.168 e. The van der Waals surface area contributed by atoms with E-state index in [4.69, 9.17) is 0 Å². The van der Waals surface area contributed by atoms with Crippen molar-refractivity contribution in [3.8, 4) is 0 Å². The third-order valence-electron chi connectivity index (χ3n) is 0.453. The van der Waals surface area contributed by atoms with Gasteiger partial charge in [-0.3, -0.25) is 0 Å². The Morgan fingerprint density at radius 1 is 1.60 bits per heavy atom. The van der Waals surface area contributed by atoms with E-state index in [1.807, 2.05) is 0 Å². The van der Waals surface area contributed by atoms with Crippen LogP contribution in [-0.2, 0) is 18.4 Å². The Labute approximate surface area is 27.4 Å². The Hall–Kier alpha value is 0.110. The molecule has 0 bridgehead atoms. The fourth-order valence-electron chi connectivity index (χ4n) is 0.135. The minimum atomic E-state index is -2.47. The molecule has 0 unspecified atom stereocenters. The Balaban J connectivity index is 2.70. The van der Waals surface area contributed by atoms with E-state index in [-0.39, 0.29) is 0 Å². The van der Waals surface area contributed by atoms with Crippen LogP contribution in [0.25, 0.3) is 0 Å². The molecule has 0 radical (unpaired) electrons. The Morgan fingerprint density at radius 3 is 1.80 bits per heavy atom. The van der Waals surface area contributed by atoms with Gasteiger partial charge < -0.3 is 0 Å². The summed E-state index contributed by atoms with van der Waals surface area (Å²) in [6.45, 7) is 0. The van der Waals surface area contributed by atoms with Crippen molar-refractivity contribution in [3.05, 3.63) is 0 Å². The zero-order valence-corrected chi connectivity index (χ0v) is 2.97. The van der Waals surface area contributed by atoms with Crippen molar-refractivity contribution in [1.29, 1.82) is 0 Å². The van der Waals surface area contributed by atoms with E-state index >= 15 is 0 Å². The lowest BCUT2D eigenvalue weighted by Crippen LogP contribution is -1.56. The zero-order valence-electron chi connectivity index (χ0n) is 2.08. The van der Waals surface area contributed by atoms with Crippen molar-refractivity contribution in [2.24, 2.45) is 0 Å². The lowest BCUT2D eigenvalue weighted by molar-refractivity contribution is -0.344. The first-order valence-corrected chi connectivity index (χ1v) is 2.52. The molecule has 2 rings (SSSR count). The van der Waals surface area contributed by atoms with Crippen LogP contribution >= 0.6 is 7.82 Å². The molecule has 0 amide bonds. The van der Waals surface area contributed by atoms with Crippen LogP contribution in [0.4, 0.5) is 0 Å². The average molecular weight is 95.0 g/mol. The SMILES string of the molecule is O=P12O[O+]1O2. The van der Waals surface area contributed by atoms with Crippen LogP contribution < -0.4 is 0 Å². The molecule has 2 aliphatic heterocycles. The van der Waals surface area contributed by atoms with E-state index in [9.17, 15) is 4.57 Å². The van der Waals surface area contributed by atoms with Crippen molar-refractivity contribution < 1.29 is 18.4 Å². The monoisotopic (exact) mass is 95.0 g/mol. The summed E-state index contributed by atoms with van der Waals surface area (Å²) in [5.74, 6) is 0. The summed E-state index contributed by atoms with van der Waals surface area (Å²) in [6, 6.07) is 0. The molecule has 0 aromatic heterocycles. The molecular formula is O4P+. The molecule has 2 fully saturated rings. The summed E-state index contributed by atoms with van der Waals surface area (Å²) < 4.78 is 19.6. The number of fused-ring (bicyclic) bond motifs is 1. The molecule has 2 saturated heterocycles. The first-order valence-electron chi connectivity index (χ1n) is 1.06. The van der Waals surface area contributed by atoms with Crippen molar-refractivity contribution in [1.82, 2.24) is 0 Å². The Morgan fingerprint density at radius 2 is 1.80 bits per heavy atom. The molecule has 0 atom stereocenters. The van der Waals surface area contributed by atoms with Crippen LogP contribution in [0.1, 0.15) is 0 Å². The summed E-state index contributed by atoms with van der Waals surface area (Å²) >= 11 is 0. The van der Waals surface area contributed by atoms with Crippen molar-refractivity contribution in [2.45, 2.75) is 0 Å². The highest BCUT2D eigenvalue weighted by molar-refractivity contribution is 7.58. The van der Waals surface area contributed by atoms with E-state index in [0.29, 0.717) is 0 Å². The van der Waals surface area contributed by atoms with E-state index in [1.165, 1.54) is 0 Å². The zero-order chi connectivity index (χ0) is 3.49. The molecule has 0 aliphatic carbocycles. The van der Waals surface area contributed by atoms with Crippen LogP contribution in [0.3, 0.4) is 0 Å². The first-order chi connectivity index (χ1) is 2.31. The van der Waals surface area contributed by atoms with Crippen LogP contribution in [0.5, 0.6) is 0 Å². The quantitative estimate of drug-likeness (QED) is 0.191. The number of rotatable bonds is 0. The largest absolute Gasteiger partial charge is 0.858 e. The normalized spacial score (nSPS) is 40.0. The minimum Gasteiger partial charge on any atom is -0.168 e. The van der Waals surface area contributed by atoms with E-state index < -0.39 is 7.82 Å². The Kier molecular flexibility index (Phi) is 0.149. The third-order valence-corrected chi connectivity index (χ3v) is 1.36. The molecule has 0 spiro atoms. The van der Waals surface area contributed by atoms with Crippen molar-refractivity contribution in [3.63, 3.8) is 0 Å². The van der Waals surface area contributed by atoms with E-state index in [2.05, 4.69) is 9.35 Å². The second-order valence-corrected chi connectivity index (χ2v) is 2.30. The van der Waals surface area contributed by atoms with Crippen molar-refractivity contribution in [2.75, 3.05) is 0 Å². The maximum absolute atomic E-state index is 9.84. The molecular weight excluding hydrogens is 95.0 g/mol. The van der Waals surface area contributed by atoms with Crippen LogP contribution in [0, 0.1) is 0 Å². The van der Waals surface area contributed by atoms with Gasteiger partial charge in [-0.25, -0.2) is 0 Å². The standard InChI is InChI=1S/O4P/c1-5-2-4(5)3-5/q+1. The van der Waals surface area contributed by atoms with Crippen LogP contribution in [-0.4, -0.2) is 0 Å². The molecule has 5 heavy (non-hydrogen) atoms. The van der Waals surface area contributed by atoms with Gasteiger partial charge in [-0.05, 0) is 0 Å². The molecule has 2 heterocycles. The van der Waals surface area contributed by atoms with Gasteiger partial charge in [0.25, 0.3) is 0 Å². The highest BCUT2D eigenvalue weighted by atomic mass is 31.2. The average Bonchev–Trinajstić information content (AvgIpc) is 1.74. The van der Waals surface area contributed by atoms with Gasteiger partial charge in [-0.15, -0.1) is 0 Å². The van der Waals surface area contributed by atoms with Gasteiger partial charge in [0.1, 0.15) is 9.35 Å².